The zero-order valence-electron chi connectivity index (χ0n) is 21.0. The van der Waals surface area contributed by atoms with E-state index in [9.17, 15) is 22.8 Å². The molecule has 0 aliphatic carbocycles. The Bertz CT molecular complexity index is 1450. The third kappa shape index (κ3) is 7.35. The number of aryl methyl sites for hydroxylation is 2. The van der Waals surface area contributed by atoms with Crippen LogP contribution < -0.4 is 5.32 Å². The van der Waals surface area contributed by atoms with E-state index in [1.54, 1.807) is 18.2 Å². The molecule has 5 nitrogen and oxygen atoms in total. The molecule has 0 saturated carbocycles. The molecule has 0 bridgehead atoms. The van der Waals surface area contributed by atoms with Crippen LogP contribution in [0.15, 0.2) is 65.7 Å². The zero-order chi connectivity index (χ0) is 28.3. The van der Waals surface area contributed by atoms with Crippen LogP contribution >= 0.6 is 35.0 Å². The fraction of sp³-hybridized carbons (Fsp3) is 0.250. The van der Waals surface area contributed by atoms with Crippen LogP contribution in [-0.4, -0.2) is 33.7 Å². The molecule has 0 unspecified atom stereocenters. The molecule has 1 saturated heterocycles. The van der Waals surface area contributed by atoms with Gasteiger partial charge in [0.05, 0.1) is 11.3 Å². The maximum absolute atomic E-state index is 13.4. The molecular weight excluding hydrogens is 570 g/mol. The van der Waals surface area contributed by atoms with Crippen LogP contribution in [-0.2, 0) is 22.2 Å². The quantitative estimate of drug-likeness (QED) is 0.303. The van der Waals surface area contributed by atoms with Crippen molar-refractivity contribution >= 4 is 63.3 Å². The van der Waals surface area contributed by atoms with Crippen LogP contribution in [0.3, 0.4) is 0 Å². The molecule has 11 heteroatoms. The van der Waals surface area contributed by atoms with E-state index in [0.717, 1.165) is 40.6 Å². The highest BCUT2D eigenvalue weighted by molar-refractivity contribution is 8.15. The van der Waals surface area contributed by atoms with Crippen molar-refractivity contribution in [3.8, 4) is 0 Å². The summed E-state index contributed by atoms with van der Waals surface area (Å²) in [6.07, 6.45) is -4.34. The number of nitrogens with one attached hydrogen (secondary N) is 1. The van der Waals surface area contributed by atoms with Crippen molar-refractivity contribution in [2.24, 2.45) is 4.99 Å². The number of carbonyl (C=O) groups excluding carboxylic acids is 2. The minimum absolute atomic E-state index is 0.00350. The molecular formula is C28H24Cl2F3N3O2S. The third-order valence-electron chi connectivity index (χ3n) is 6.07. The number of amides is 2. The average Bonchev–Trinajstić information content (AvgIpc) is 3.14. The molecule has 39 heavy (non-hydrogen) atoms. The highest BCUT2D eigenvalue weighted by atomic mass is 35.5. The molecule has 1 atom stereocenters. The van der Waals surface area contributed by atoms with Gasteiger partial charge in [-0.05, 0) is 73.4 Å². The van der Waals surface area contributed by atoms with E-state index in [1.807, 2.05) is 32.0 Å². The second kappa shape index (κ2) is 12.0. The summed E-state index contributed by atoms with van der Waals surface area (Å²) in [5.74, 6) is -0.887. The summed E-state index contributed by atoms with van der Waals surface area (Å²) < 4.78 is 39.1. The van der Waals surface area contributed by atoms with E-state index < -0.39 is 22.9 Å². The van der Waals surface area contributed by atoms with Gasteiger partial charge in [0, 0.05) is 28.7 Å². The Morgan fingerprint density at radius 1 is 1.08 bits per heavy atom. The summed E-state index contributed by atoms with van der Waals surface area (Å²) >= 11 is 13.5. The number of hydrogen-bond acceptors (Lipinski definition) is 4. The lowest BCUT2D eigenvalue weighted by Gasteiger charge is -2.17. The molecule has 0 radical (unpaired) electrons. The molecule has 1 heterocycles. The van der Waals surface area contributed by atoms with Crippen LogP contribution in [0.4, 0.5) is 24.5 Å². The summed E-state index contributed by atoms with van der Waals surface area (Å²) in [7, 11) is 0. The standard InChI is InChI=1S/C28H24Cl2F3N3O2S/c1-16-6-7-17(2)23(12-16)35-27-36(11-10-18-8-9-20(29)14-22(18)30)26(38)24(39-27)15-25(37)34-21-5-3-4-19(13-21)28(31,32)33/h3-9,12-14,24H,10-11,15H2,1-2H3,(H,34,37)/t24-/m1/s1. The maximum Gasteiger partial charge on any atom is 0.416 e. The van der Waals surface area contributed by atoms with Crippen molar-refractivity contribution in [3.05, 3.63) is 93.0 Å². The molecule has 3 aromatic carbocycles. The highest BCUT2D eigenvalue weighted by Gasteiger charge is 2.39. The second-order valence-electron chi connectivity index (χ2n) is 9.10. The predicted molar refractivity (Wildman–Crippen MR) is 151 cm³/mol. The number of nitrogens with zero attached hydrogens (tertiary/aromatic N) is 2. The Balaban J connectivity index is 1.55. The van der Waals surface area contributed by atoms with Gasteiger partial charge >= 0.3 is 6.18 Å². The second-order valence-corrected chi connectivity index (χ2v) is 11.1. The first-order valence-corrected chi connectivity index (χ1v) is 13.6. The summed E-state index contributed by atoms with van der Waals surface area (Å²) in [4.78, 5) is 32.5. The number of rotatable bonds is 7. The SMILES string of the molecule is Cc1ccc(C)c(N=C2S[C@H](CC(=O)Nc3cccc(C(F)(F)F)c3)C(=O)N2CCc2ccc(Cl)cc2Cl)c1. The summed E-state index contributed by atoms with van der Waals surface area (Å²) in [5.41, 5.74) is 2.56. The van der Waals surface area contributed by atoms with Gasteiger partial charge in [-0.15, -0.1) is 0 Å². The van der Waals surface area contributed by atoms with Crippen LogP contribution in [0.5, 0.6) is 0 Å². The smallest absolute Gasteiger partial charge is 0.326 e. The van der Waals surface area contributed by atoms with Crippen molar-refractivity contribution in [1.29, 1.82) is 0 Å². The lowest BCUT2D eigenvalue weighted by molar-refractivity contribution is -0.137. The Morgan fingerprint density at radius 3 is 2.56 bits per heavy atom. The van der Waals surface area contributed by atoms with Crippen molar-refractivity contribution in [3.63, 3.8) is 0 Å². The Kier molecular flexibility index (Phi) is 8.93. The molecule has 0 spiro atoms. The van der Waals surface area contributed by atoms with Crippen molar-refractivity contribution in [2.45, 2.75) is 38.1 Å². The number of carbonyl (C=O) groups is 2. The minimum Gasteiger partial charge on any atom is -0.326 e. The zero-order valence-corrected chi connectivity index (χ0v) is 23.3. The molecule has 1 fully saturated rings. The van der Waals surface area contributed by atoms with E-state index in [1.165, 1.54) is 17.0 Å². The van der Waals surface area contributed by atoms with Crippen LogP contribution in [0.25, 0.3) is 0 Å². The lowest BCUT2D eigenvalue weighted by atomic mass is 10.1. The predicted octanol–water partition coefficient (Wildman–Crippen LogP) is 7.83. The lowest BCUT2D eigenvalue weighted by Crippen LogP contribution is -2.35. The van der Waals surface area contributed by atoms with E-state index >= 15 is 0 Å². The number of aliphatic imine (C=N–C) groups is 1. The fourth-order valence-electron chi connectivity index (χ4n) is 3.98. The average molecular weight is 594 g/mol. The van der Waals surface area contributed by atoms with Gasteiger partial charge in [-0.2, -0.15) is 13.2 Å². The summed E-state index contributed by atoms with van der Waals surface area (Å²) in [6.45, 7) is 4.12. The molecule has 1 N–H and O–H groups in total. The molecule has 3 aromatic rings. The molecule has 0 aromatic heterocycles. The van der Waals surface area contributed by atoms with Crippen molar-refractivity contribution in [2.75, 3.05) is 11.9 Å². The van der Waals surface area contributed by atoms with Crippen LogP contribution in [0.1, 0.15) is 28.7 Å². The van der Waals surface area contributed by atoms with E-state index in [4.69, 9.17) is 28.2 Å². The highest BCUT2D eigenvalue weighted by Crippen LogP contribution is 2.34. The molecule has 204 valence electrons. The first kappa shape index (κ1) is 29.0. The summed E-state index contributed by atoms with van der Waals surface area (Å²) in [6, 6.07) is 15.3. The number of anilines is 1. The fourth-order valence-corrected chi connectivity index (χ4v) is 5.66. The monoisotopic (exact) mass is 593 g/mol. The van der Waals surface area contributed by atoms with Crippen molar-refractivity contribution in [1.82, 2.24) is 4.90 Å². The van der Waals surface area contributed by atoms with Gasteiger partial charge in [0.1, 0.15) is 5.25 Å². The normalized spacial score (nSPS) is 16.7. The summed E-state index contributed by atoms with van der Waals surface area (Å²) in [5, 5.41) is 3.10. The molecule has 2 amide bonds. The molecule has 1 aliphatic rings. The van der Waals surface area contributed by atoms with Gasteiger partial charge in [-0.3, -0.25) is 14.5 Å². The van der Waals surface area contributed by atoms with Gasteiger partial charge in [0.2, 0.25) is 11.8 Å². The number of benzene rings is 3. The number of amidine groups is 1. The largest absolute Gasteiger partial charge is 0.416 e. The van der Waals surface area contributed by atoms with Gasteiger partial charge in [-0.1, -0.05) is 59.2 Å². The number of alkyl halides is 3. The topological polar surface area (TPSA) is 61.8 Å². The maximum atomic E-state index is 13.4. The number of hydrogen-bond donors (Lipinski definition) is 1. The Morgan fingerprint density at radius 2 is 1.85 bits per heavy atom. The van der Waals surface area contributed by atoms with E-state index in [2.05, 4.69) is 5.32 Å². The molecule has 1 aliphatic heterocycles. The van der Waals surface area contributed by atoms with Crippen LogP contribution in [0.2, 0.25) is 10.0 Å². The van der Waals surface area contributed by atoms with Gasteiger partial charge < -0.3 is 5.32 Å². The number of thioether (sulfide) groups is 1. The third-order valence-corrected chi connectivity index (χ3v) is 7.83. The Labute approximate surface area is 238 Å². The first-order chi connectivity index (χ1) is 18.4. The van der Waals surface area contributed by atoms with E-state index in [-0.39, 0.29) is 24.6 Å². The molecule has 4 rings (SSSR count). The first-order valence-electron chi connectivity index (χ1n) is 12.0. The van der Waals surface area contributed by atoms with Crippen LogP contribution in [0, 0.1) is 13.8 Å². The van der Waals surface area contributed by atoms with Gasteiger partial charge in [0.25, 0.3) is 0 Å². The van der Waals surface area contributed by atoms with E-state index in [0.29, 0.717) is 27.3 Å². The Hall–Kier alpha value is -3.01. The number of halogens is 5. The minimum atomic E-state index is -4.54. The van der Waals surface area contributed by atoms with Crippen molar-refractivity contribution < 1.29 is 22.8 Å². The van der Waals surface area contributed by atoms with Gasteiger partial charge in [-0.25, -0.2) is 4.99 Å². The van der Waals surface area contributed by atoms with Gasteiger partial charge in [0.15, 0.2) is 5.17 Å².